The molecule has 6 heteroatoms. The van der Waals surface area contributed by atoms with Crippen LogP contribution in [-0.4, -0.2) is 34.4 Å². The van der Waals surface area contributed by atoms with Crippen LogP contribution in [0.4, 0.5) is 8.78 Å². The van der Waals surface area contributed by atoms with Gasteiger partial charge in [0.2, 0.25) is 0 Å². The van der Waals surface area contributed by atoms with Gasteiger partial charge >= 0.3 is 0 Å². The molecule has 2 aromatic rings. The smallest absolute Gasteiger partial charge is 0.257 e. The largest absolute Gasteiger partial charge is 0.381 e. The second-order valence-corrected chi connectivity index (χ2v) is 5.89. The molecule has 0 spiro atoms. The molecular weight excluding hydrogens is 324 g/mol. The Morgan fingerprint density at radius 2 is 2.16 bits per heavy atom. The summed E-state index contributed by atoms with van der Waals surface area (Å²) in [5, 5.41) is 5.86. The number of nitrogens with zero attached hydrogens (tertiary/aromatic N) is 3. The fourth-order valence-corrected chi connectivity index (χ4v) is 3.06. The van der Waals surface area contributed by atoms with E-state index in [1.54, 1.807) is 23.2 Å². The first kappa shape index (κ1) is 17.5. The molecule has 1 aliphatic heterocycles. The minimum atomic E-state index is -2.48. The highest BCUT2D eigenvalue weighted by Crippen LogP contribution is 2.32. The standard InChI is InChI=1S/C19H21F2N3O/c1-2-4-15(5-3-6-18(20)21)24-17-13-22-10-7-16(17)19(23-24)14-8-11-25-12-9-14/h2-7,10,13-14,18H,8-9,11-12H2,1H3/b4-2-,6-3+,15-5+. The fourth-order valence-electron chi connectivity index (χ4n) is 3.06. The zero-order chi connectivity index (χ0) is 17.6. The monoisotopic (exact) mass is 345 g/mol. The SMILES string of the molecule is C\C=C/C(=C\C=C\C(F)F)n1nc(C2CCOCC2)c2ccncc21. The molecule has 0 saturated carbocycles. The van der Waals surface area contributed by atoms with Gasteiger partial charge in [-0.05, 0) is 44.1 Å². The van der Waals surface area contributed by atoms with Gasteiger partial charge in [-0.15, -0.1) is 0 Å². The third kappa shape index (κ3) is 4.02. The zero-order valence-electron chi connectivity index (χ0n) is 14.1. The Morgan fingerprint density at radius 1 is 1.36 bits per heavy atom. The maximum absolute atomic E-state index is 12.4. The summed E-state index contributed by atoms with van der Waals surface area (Å²) in [6.07, 6.45) is 10.5. The molecule has 0 N–H and O–H groups in total. The molecule has 0 bridgehead atoms. The van der Waals surface area contributed by atoms with Gasteiger partial charge in [0.1, 0.15) is 0 Å². The lowest BCUT2D eigenvalue weighted by atomic mass is 9.95. The molecule has 4 nitrogen and oxygen atoms in total. The predicted molar refractivity (Wildman–Crippen MR) is 94.6 cm³/mol. The van der Waals surface area contributed by atoms with Crippen LogP contribution in [0.1, 0.15) is 31.4 Å². The van der Waals surface area contributed by atoms with Gasteiger partial charge < -0.3 is 4.74 Å². The van der Waals surface area contributed by atoms with Crippen LogP contribution in [0.5, 0.6) is 0 Å². The summed E-state index contributed by atoms with van der Waals surface area (Å²) >= 11 is 0. The first-order valence-corrected chi connectivity index (χ1v) is 8.40. The lowest BCUT2D eigenvalue weighted by Crippen LogP contribution is -2.15. The number of fused-ring (bicyclic) bond motifs is 1. The van der Waals surface area contributed by atoms with Gasteiger partial charge in [-0.3, -0.25) is 4.98 Å². The van der Waals surface area contributed by atoms with Gasteiger partial charge in [0.15, 0.2) is 0 Å². The quantitative estimate of drug-likeness (QED) is 0.746. The molecule has 3 rings (SSSR count). The average molecular weight is 345 g/mol. The third-order valence-electron chi connectivity index (χ3n) is 4.23. The van der Waals surface area contributed by atoms with E-state index in [-0.39, 0.29) is 0 Å². The second kappa shape index (κ2) is 8.16. The lowest BCUT2D eigenvalue weighted by Gasteiger charge is -2.20. The molecule has 0 aromatic carbocycles. The molecule has 0 aliphatic carbocycles. The van der Waals surface area contributed by atoms with E-state index in [0.29, 0.717) is 5.92 Å². The maximum Gasteiger partial charge on any atom is 0.257 e. The van der Waals surface area contributed by atoms with Crippen molar-refractivity contribution in [2.24, 2.45) is 0 Å². The number of ether oxygens (including phenoxy) is 1. The van der Waals surface area contributed by atoms with E-state index in [1.165, 1.54) is 6.08 Å². The summed E-state index contributed by atoms with van der Waals surface area (Å²) in [5.41, 5.74) is 2.61. The van der Waals surface area contributed by atoms with Gasteiger partial charge in [-0.25, -0.2) is 13.5 Å². The molecule has 2 aromatic heterocycles. The molecule has 1 saturated heterocycles. The maximum atomic E-state index is 12.4. The Hall–Kier alpha value is -2.34. The van der Waals surface area contributed by atoms with Crippen LogP contribution < -0.4 is 0 Å². The molecule has 0 unspecified atom stereocenters. The predicted octanol–water partition coefficient (Wildman–Crippen LogP) is 4.56. The van der Waals surface area contributed by atoms with Crippen LogP contribution in [0.2, 0.25) is 0 Å². The average Bonchev–Trinajstić information content (AvgIpc) is 3.01. The lowest BCUT2D eigenvalue weighted by molar-refractivity contribution is 0.0847. The van der Waals surface area contributed by atoms with Gasteiger partial charge in [0.05, 0.1) is 23.1 Å². The van der Waals surface area contributed by atoms with Crippen LogP contribution in [0.15, 0.2) is 48.8 Å². The van der Waals surface area contributed by atoms with Gasteiger partial charge in [0.25, 0.3) is 6.43 Å². The van der Waals surface area contributed by atoms with Crippen LogP contribution in [0, 0.1) is 0 Å². The normalized spacial score (nSPS) is 17.5. The van der Waals surface area contributed by atoms with Crippen molar-refractivity contribution >= 4 is 16.6 Å². The second-order valence-electron chi connectivity index (χ2n) is 5.89. The summed E-state index contributed by atoms with van der Waals surface area (Å²) in [5.74, 6) is 0.336. The number of alkyl halides is 2. The molecule has 1 aliphatic rings. The Morgan fingerprint density at radius 3 is 2.88 bits per heavy atom. The fraction of sp³-hybridized carbons (Fsp3) is 0.368. The summed E-state index contributed by atoms with van der Waals surface area (Å²) in [6, 6.07) is 1.96. The van der Waals surface area contributed by atoms with Crippen molar-refractivity contribution in [3.8, 4) is 0 Å². The van der Waals surface area contributed by atoms with Crippen molar-refractivity contribution in [1.29, 1.82) is 0 Å². The van der Waals surface area contributed by atoms with Crippen LogP contribution >= 0.6 is 0 Å². The van der Waals surface area contributed by atoms with Crippen molar-refractivity contribution in [3.05, 3.63) is 54.5 Å². The highest BCUT2D eigenvalue weighted by molar-refractivity contribution is 5.85. The van der Waals surface area contributed by atoms with E-state index in [2.05, 4.69) is 4.98 Å². The Labute approximate surface area is 145 Å². The van der Waals surface area contributed by atoms with Crippen molar-refractivity contribution < 1.29 is 13.5 Å². The minimum Gasteiger partial charge on any atom is -0.381 e. The number of halogens is 2. The van der Waals surface area contributed by atoms with Gasteiger partial charge in [-0.1, -0.05) is 12.2 Å². The van der Waals surface area contributed by atoms with Crippen LogP contribution in [0.25, 0.3) is 16.6 Å². The van der Waals surface area contributed by atoms with Gasteiger partial charge in [-0.2, -0.15) is 5.10 Å². The van der Waals surface area contributed by atoms with E-state index in [0.717, 1.165) is 54.4 Å². The zero-order valence-corrected chi connectivity index (χ0v) is 14.1. The molecule has 1 fully saturated rings. The Balaban J connectivity index is 2.08. The number of pyridine rings is 1. The number of hydrogen-bond donors (Lipinski definition) is 0. The topological polar surface area (TPSA) is 39.9 Å². The van der Waals surface area contributed by atoms with Crippen molar-refractivity contribution in [2.45, 2.75) is 32.1 Å². The first-order chi connectivity index (χ1) is 12.2. The van der Waals surface area contributed by atoms with Gasteiger partial charge in [0, 0.05) is 30.7 Å². The Kier molecular flexibility index (Phi) is 5.71. The third-order valence-corrected chi connectivity index (χ3v) is 4.23. The molecule has 25 heavy (non-hydrogen) atoms. The van der Waals surface area contributed by atoms with E-state index in [1.807, 2.05) is 25.1 Å². The van der Waals surface area contributed by atoms with Crippen molar-refractivity contribution in [1.82, 2.24) is 14.8 Å². The minimum absolute atomic E-state index is 0.336. The summed E-state index contributed by atoms with van der Waals surface area (Å²) < 4.78 is 32.0. The van der Waals surface area contributed by atoms with E-state index >= 15 is 0 Å². The van der Waals surface area contributed by atoms with Crippen molar-refractivity contribution in [3.63, 3.8) is 0 Å². The molecular formula is C19H21F2N3O. The van der Waals surface area contributed by atoms with E-state index < -0.39 is 6.43 Å². The summed E-state index contributed by atoms with van der Waals surface area (Å²) in [6.45, 7) is 3.35. The molecule has 0 atom stereocenters. The molecule has 3 heterocycles. The van der Waals surface area contributed by atoms with E-state index in [9.17, 15) is 8.78 Å². The number of aromatic nitrogens is 3. The number of hydrogen-bond acceptors (Lipinski definition) is 3. The Bertz CT molecular complexity index is 802. The van der Waals surface area contributed by atoms with E-state index in [4.69, 9.17) is 9.84 Å². The highest BCUT2D eigenvalue weighted by Gasteiger charge is 2.22. The van der Waals surface area contributed by atoms with Crippen molar-refractivity contribution in [2.75, 3.05) is 13.2 Å². The number of rotatable bonds is 5. The molecule has 0 amide bonds. The summed E-state index contributed by atoms with van der Waals surface area (Å²) in [4.78, 5) is 4.21. The molecule has 0 radical (unpaired) electrons. The molecule has 132 valence electrons. The first-order valence-electron chi connectivity index (χ1n) is 8.40. The summed E-state index contributed by atoms with van der Waals surface area (Å²) in [7, 11) is 0. The highest BCUT2D eigenvalue weighted by atomic mass is 19.3. The number of allylic oxidation sites excluding steroid dienone is 6. The van der Waals surface area contributed by atoms with Crippen LogP contribution in [0.3, 0.4) is 0 Å². The van der Waals surface area contributed by atoms with Crippen LogP contribution in [-0.2, 0) is 4.74 Å².